The number of alkyl halides is 3. The van der Waals surface area contributed by atoms with Gasteiger partial charge in [-0.15, -0.1) is 0 Å². The summed E-state index contributed by atoms with van der Waals surface area (Å²) in [6, 6.07) is 13.9. The van der Waals surface area contributed by atoms with E-state index in [2.05, 4.69) is 25.8 Å². The number of fused-ring (bicyclic) bond motifs is 1. The zero-order valence-electron chi connectivity index (χ0n) is 18.5. The van der Waals surface area contributed by atoms with Crippen LogP contribution >= 0.6 is 0 Å². The molecule has 0 bridgehead atoms. The summed E-state index contributed by atoms with van der Waals surface area (Å²) < 4.78 is 44.2. The van der Waals surface area contributed by atoms with E-state index in [9.17, 15) is 18.0 Å². The molecular weight excluding hydrogens is 447 g/mol. The van der Waals surface area contributed by atoms with Gasteiger partial charge in [-0.3, -0.25) is 4.79 Å². The van der Waals surface area contributed by atoms with Crippen molar-refractivity contribution in [2.24, 2.45) is 0 Å². The summed E-state index contributed by atoms with van der Waals surface area (Å²) in [6.45, 7) is 4.03. The number of halogens is 3. The van der Waals surface area contributed by atoms with Crippen LogP contribution in [-0.2, 0) is 19.3 Å². The van der Waals surface area contributed by atoms with Crippen LogP contribution in [0.3, 0.4) is 0 Å². The van der Waals surface area contributed by atoms with Gasteiger partial charge in [0.1, 0.15) is 11.6 Å². The van der Waals surface area contributed by atoms with E-state index < -0.39 is 17.6 Å². The first-order valence-electron chi connectivity index (χ1n) is 10.6. The first kappa shape index (κ1) is 23.2. The Kier molecular flexibility index (Phi) is 6.49. The zero-order chi connectivity index (χ0) is 24.3. The molecule has 2 heterocycles. The Morgan fingerprint density at radius 3 is 2.56 bits per heavy atom. The number of benzene rings is 2. The second-order valence-electron chi connectivity index (χ2n) is 8.01. The standard InChI is InChI=1S/C24H22F3N5O2/c1-14(2)20-11-19(32-34-20)23(33)29-13-21-30-18-9-4-3-8-17(18)22(31-21)28-12-15-6-5-7-16(10-15)24(25,26)27/h3-11,14H,12-13H2,1-2H3,(H,29,33)(H,28,30,31). The summed E-state index contributed by atoms with van der Waals surface area (Å²) in [5.41, 5.74) is 0.541. The maximum absolute atomic E-state index is 13.0. The quantitative estimate of drug-likeness (QED) is 0.382. The maximum atomic E-state index is 13.0. The minimum atomic E-state index is -4.41. The van der Waals surface area contributed by atoms with Crippen molar-refractivity contribution in [1.82, 2.24) is 20.4 Å². The fraction of sp³-hybridized carbons (Fsp3) is 0.250. The Morgan fingerprint density at radius 2 is 1.82 bits per heavy atom. The molecule has 2 aromatic carbocycles. The molecule has 0 unspecified atom stereocenters. The van der Waals surface area contributed by atoms with Crippen molar-refractivity contribution < 1.29 is 22.5 Å². The molecule has 1 amide bonds. The van der Waals surface area contributed by atoms with Crippen LogP contribution in [0.15, 0.2) is 59.1 Å². The van der Waals surface area contributed by atoms with E-state index in [4.69, 9.17) is 4.52 Å². The Labute approximate surface area is 193 Å². The molecule has 176 valence electrons. The van der Waals surface area contributed by atoms with Crippen molar-refractivity contribution in [2.45, 2.75) is 39.0 Å². The largest absolute Gasteiger partial charge is 0.416 e. The molecule has 34 heavy (non-hydrogen) atoms. The highest BCUT2D eigenvalue weighted by Gasteiger charge is 2.30. The maximum Gasteiger partial charge on any atom is 0.416 e. The fourth-order valence-electron chi connectivity index (χ4n) is 3.30. The number of carbonyl (C=O) groups excluding carboxylic acids is 1. The number of rotatable bonds is 7. The Hall–Kier alpha value is -3.95. The molecule has 0 spiro atoms. The van der Waals surface area contributed by atoms with Gasteiger partial charge in [0.2, 0.25) is 0 Å². The average molecular weight is 469 g/mol. The van der Waals surface area contributed by atoms with Crippen LogP contribution in [-0.4, -0.2) is 21.0 Å². The third-order valence-corrected chi connectivity index (χ3v) is 5.10. The van der Waals surface area contributed by atoms with Crippen molar-refractivity contribution in [3.63, 3.8) is 0 Å². The van der Waals surface area contributed by atoms with Crippen molar-refractivity contribution >= 4 is 22.6 Å². The van der Waals surface area contributed by atoms with Gasteiger partial charge in [0.15, 0.2) is 11.5 Å². The number of aromatic nitrogens is 3. The summed E-state index contributed by atoms with van der Waals surface area (Å²) in [5.74, 6) is 1.07. The van der Waals surface area contributed by atoms with Crippen LogP contribution in [0.25, 0.3) is 10.9 Å². The molecule has 0 aliphatic carbocycles. The van der Waals surface area contributed by atoms with E-state index in [1.54, 1.807) is 18.2 Å². The molecule has 0 aliphatic rings. The van der Waals surface area contributed by atoms with E-state index >= 15 is 0 Å². The van der Waals surface area contributed by atoms with Crippen LogP contribution in [0, 0.1) is 0 Å². The van der Waals surface area contributed by atoms with Crippen LogP contribution in [0.2, 0.25) is 0 Å². The summed E-state index contributed by atoms with van der Waals surface area (Å²) in [6.07, 6.45) is -4.41. The molecule has 2 aromatic heterocycles. The highest BCUT2D eigenvalue weighted by molar-refractivity contribution is 5.92. The lowest BCUT2D eigenvalue weighted by atomic mass is 10.1. The topological polar surface area (TPSA) is 92.9 Å². The summed E-state index contributed by atoms with van der Waals surface area (Å²) in [7, 11) is 0. The summed E-state index contributed by atoms with van der Waals surface area (Å²) in [5, 5.41) is 10.3. The molecule has 0 fully saturated rings. The van der Waals surface area contributed by atoms with Gasteiger partial charge in [0.05, 0.1) is 17.6 Å². The monoisotopic (exact) mass is 469 g/mol. The lowest BCUT2D eigenvalue weighted by Gasteiger charge is -2.12. The first-order chi connectivity index (χ1) is 16.2. The minimum absolute atomic E-state index is 0.0335. The van der Waals surface area contributed by atoms with E-state index in [1.165, 1.54) is 6.07 Å². The molecule has 10 heteroatoms. The molecule has 2 N–H and O–H groups in total. The van der Waals surface area contributed by atoms with Gasteiger partial charge in [-0.2, -0.15) is 13.2 Å². The van der Waals surface area contributed by atoms with Crippen molar-refractivity contribution in [1.29, 1.82) is 0 Å². The van der Waals surface area contributed by atoms with Crippen molar-refractivity contribution in [3.8, 4) is 0 Å². The summed E-state index contributed by atoms with van der Waals surface area (Å²) in [4.78, 5) is 21.4. The predicted octanol–water partition coefficient (Wildman–Crippen LogP) is 5.30. The molecule has 0 saturated heterocycles. The van der Waals surface area contributed by atoms with E-state index in [0.717, 1.165) is 12.1 Å². The van der Waals surface area contributed by atoms with Crippen LogP contribution < -0.4 is 10.6 Å². The lowest BCUT2D eigenvalue weighted by molar-refractivity contribution is -0.137. The van der Waals surface area contributed by atoms with Crippen LogP contribution in [0.1, 0.15) is 53.0 Å². The third-order valence-electron chi connectivity index (χ3n) is 5.10. The van der Waals surface area contributed by atoms with E-state index in [-0.39, 0.29) is 24.7 Å². The minimum Gasteiger partial charge on any atom is -0.365 e. The normalized spacial score (nSPS) is 11.7. The van der Waals surface area contributed by atoms with Gasteiger partial charge in [0.25, 0.3) is 5.91 Å². The molecule has 0 radical (unpaired) electrons. The molecule has 0 saturated carbocycles. The number of carbonyl (C=O) groups is 1. The Bertz CT molecular complexity index is 1320. The second-order valence-corrected chi connectivity index (χ2v) is 8.01. The lowest BCUT2D eigenvalue weighted by Crippen LogP contribution is -2.24. The SMILES string of the molecule is CC(C)c1cc(C(=O)NCc2nc(NCc3cccc(C(F)(F)F)c3)c3ccccc3n2)no1. The van der Waals surface area contributed by atoms with Gasteiger partial charge in [-0.25, -0.2) is 9.97 Å². The van der Waals surface area contributed by atoms with Crippen molar-refractivity contribution in [2.75, 3.05) is 5.32 Å². The van der Waals surface area contributed by atoms with Crippen LogP contribution in [0.4, 0.5) is 19.0 Å². The van der Waals surface area contributed by atoms with Gasteiger partial charge in [0, 0.05) is 23.9 Å². The Morgan fingerprint density at radius 1 is 1.03 bits per heavy atom. The van der Waals surface area contributed by atoms with E-state index in [0.29, 0.717) is 33.9 Å². The van der Waals surface area contributed by atoms with Gasteiger partial charge < -0.3 is 15.2 Å². The number of hydrogen-bond donors (Lipinski definition) is 2. The number of nitrogens with one attached hydrogen (secondary N) is 2. The predicted molar refractivity (Wildman–Crippen MR) is 120 cm³/mol. The van der Waals surface area contributed by atoms with Gasteiger partial charge in [-0.05, 0) is 29.8 Å². The number of anilines is 1. The fourth-order valence-corrected chi connectivity index (χ4v) is 3.30. The highest BCUT2D eigenvalue weighted by Crippen LogP contribution is 2.30. The number of hydrogen-bond acceptors (Lipinski definition) is 6. The molecule has 4 rings (SSSR count). The van der Waals surface area contributed by atoms with E-state index in [1.807, 2.05) is 32.0 Å². The van der Waals surface area contributed by atoms with Crippen LogP contribution in [0.5, 0.6) is 0 Å². The molecule has 4 aromatic rings. The average Bonchev–Trinajstić information content (AvgIpc) is 3.31. The molecule has 0 aliphatic heterocycles. The molecule has 7 nitrogen and oxygen atoms in total. The second kappa shape index (κ2) is 9.50. The Balaban J connectivity index is 1.52. The first-order valence-corrected chi connectivity index (χ1v) is 10.6. The smallest absolute Gasteiger partial charge is 0.365 e. The molecule has 0 atom stereocenters. The van der Waals surface area contributed by atoms with Gasteiger partial charge >= 0.3 is 6.18 Å². The highest BCUT2D eigenvalue weighted by atomic mass is 19.4. The number of nitrogens with zero attached hydrogens (tertiary/aromatic N) is 3. The molecular formula is C24H22F3N5O2. The third kappa shape index (κ3) is 5.33. The van der Waals surface area contributed by atoms with Crippen molar-refractivity contribution in [3.05, 3.63) is 83.0 Å². The number of amides is 1. The zero-order valence-corrected chi connectivity index (χ0v) is 18.5. The number of para-hydroxylation sites is 1. The van der Waals surface area contributed by atoms with Gasteiger partial charge in [-0.1, -0.05) is 43.3 Å². The summed E-state index contributed by atoms with van der Waals surface area (Å²) >= 11 is 0.